The largest absolute Gasteiger partial charge is 0.372 e. The quantitative estimate of drug-likeness (QED) is 0.501. The standard InChI is InChI=1S/CH4O3P2/c1-5-6(2,3)4/h1H2,(H2,2,3,4). The summed E-state index contributed by atoms with van der Waals surface area (Å²) in [5, 5.41) is 0. The van der Waals surface area contributed by atoms with E-state index in [4.69, 9.17) is 9.79 Å². The van der Waals surface area contributed by atoms with Gasteiger partial charge in [0.25, 0.3) is 0 Å². The molecule has 0 saturated carbocycles. The third-order valence-corrected chi connectivity index (χ3v) is 1.66. The lowest BCUT2D eigenvalue weighted by atomic mass is 12.0. The first-order chi connectivity index (χ1) is 2.56. The summed E-state index contributed by atoms with van der Waals surface area (Å²) in [7, 11) is -3.89. The van der Waals surface area contributed by atoms with Crippen LogP contribution in [-0.2, 0) is 4.57 Å². The summed E-state index contributed by atoms with van der Waals surface area (Å²) < 4.78 is 9.62. The highest BCUT2D eigenvalue weighted by Gasteiger charge is 2.02. The smallest absolute Gasteiger partial charge is 0.318 e. The van der Waals surface area contributed by atoms with Crippen LogP contribution in [0, 0.1) is 0 Å². The van der Waals surface area contributed by atoms with Crippen LogP contribution in [0.5, 0.6) is 0 Å². The third-order valence-electron chi connectivity index (χ3n) is 0.184. The average molecular weight is 126 g/mol. The summed E-state index contributed by atoms with van der Waals surface area (Å²) >= 11 is 0. The first kappa shape index (κ1) is 6.32. The Morgan fingerprint density at radius 2 is 1.83 bits per heavy atom. The van der Waals surface area contributed by atoms with E-state index >= 15 is 0 Å². The van der Waals surface area contributed by atoms with E-state index in [1.54, 1.807) is 0 Å². The van der Waals surface area contributed by atoms with Gasteiger partial charge in [-0.15, -0.1) is 0 Å². The Bertz CT molecular complexity index is 91.0. The Morgan fingerprint density at radius 3 is 1.83 bits per heavy atom. The molecule has 5 heteroatoms. The molecule has 3 nitrogen and oxygen atoms in total. The van der Waals surface area contributed by atoms with Gasteiger partial charge in [-0.05, 0) is 0 Å². The highest BCUT2D eigenvalue weighted by Crippen LogP contribution is 2.48. The summed E-state index contributed by atoms with van der Waals surface area (Å²) in [5.74, 6) is 0. The molecule has 0 aromatic rings. The van der Waals surface area contributed by atoms with E-state index in [1.165, 1.54) is 0 Å². The molecule has 0 fully saturated rings. The Labute approximate surface area is 36.9 Å². The van der Waals surface area contributed by atoms with Gasteiger partial charge in [0, 0.05) is 7.89 Å². The second kappa shape index (κ2) is 1.85. The Hall–Kier alpha value is 0.320. The maximum absolute atomic E-state index is 9.62. The van der Waals surface area contributed by atoms with Crippen LogP contribution < -0.4 is 0 Å². The normalized spacial score (nSPS) is 12.3. The van der Waals surface area contributed by atoms with E-state index in [-0.39, 0.29) is 7.89 Å². The highest BCUT2D eigenvalue weighted by molar-refractivity contribution is 8.17. The minimum Gasteiger partial charge on any atom is -0.318 e. The van der Waals surface area contributed by atoms with Gasteiger partial charge in [0.2, 0.25) is 0 Å². The third kappa shape index (κ3) is 4.32. The van der Waals surface area contributed by atoms with Crippen molar-refractivity contribution in [1.82, 2.24) is 0 Å². The molecule has 0 aliphatic carbocycles. The van der Waals surface area contributed by atoms with Gasteiger partial charge < -0.3 is 9.79 Å². The number of hydrogen-bond donors (Lipinski definition) is 2. The first-order valence-electron chi connectivity index (χ1n) is 1.10. The van der Waals surface area contributed by atoms with Gasteiger partial charge in [0.15, 0.2) is 0 Å². The SMILES string of the molecule is C=PP(=O)(O)O. The van der Waals surface area contributed by atoms with Crippen molar-refractivity contribution in [3.63, 3.8) is 0 Å². The Morgan fingerprint density at radius 1 is 1.67 bits per heavy atom. The van der Waals surface area contributed by atoms with E-state index in [1.807, 2.05) is 0 Å². The molecule has 0 heterocycles. The van der Waals surface area contributed by atoms with Gasteiger partial charge in [0.05, 0.1) is 0 Å². The molecule has 0 rings (SSSR count). The minimum absolute atomic E-state index is 0.109. The van der Waals surface area contributed by atoms with Gasteiger partial charge in [-0.25, -0.2) is 0 Å². The molecule has 0 atom stereocenters. The summed E-state index contributed by atoms with van der Waals surface area (Å²) in [6, 6.07) is 0. The molecule has 0 amide bonds. The topological polar surface area (TPSA) is 57.5 Å². The van der Waals surface area contributed by atoms with E-state index in [9.17, 15) is 4.57 Å². The first-order valence-corrected chi connectivity index (χ1v) is 4.50. The maximum Gasteiger partial charge on any atom is 0.372 e. The molecule has 2 N–H and O–H groups in total. The molecule has 6 heavy (non-hydrogen) atoms. The van der Waals surface area contributed by atoms with Crippen molar-refractivity contribution >= 4 is 21.5 Å². The summed E-state index contributed by atoms with van der Waals surface area (Å²) in [6.07, 6.45) is 2.97. The maximum atomic E-state index is 9.62. The van der Waals surface area contributed by atoms with Crippen LogP contribution in [0.4, 0.5) is 0 Å². The molecule has 0 aliphatic rings. The zero-order valence-electron chi connectivity index (χ0n) is 2.90. The van der Waals surface area contributed by atoms with Crippen molar-refractivity contribution in [3.05, 3.63) is 0 Å². The summed E-state index contributed by atoms with van der Waals surface area (Å²) in [4.78, 5) is 15.7. The minimum atomic E-state index is -3.79. The van der Waals surface area contributed by atoms with Crippen LogP contribution in [0.2, 0.25) is 0 Å². The van der Waals surface area contributed by atoms with Crippen molar-refractivity contribution in [3.8, 4) is 0 Å². The lowest BCUT2D eigenvalue weighted by Crippen LogP contribution is -1.56. The summed E-state index contributed by atoms with van der Waals surface area (Å²) in [6.45, 7) is 0. The Kier molecular flexibility index (Phi) is 1.95. The fourth-order valence-corrected chi connectivity index (χ4v) is 0. The molecule has 0 bridgehead atoms. The summed E-state index contributed by atoms with van der Waals surface area (Å²) in [5.41, 5.74) is 0. The molecule has 0 unspecified atom stereocenters. The molecule has 0 aliphatic heterocycles. The van der Waals surface area contributed by atoms with Crippen LogP contribution in [0.3, 0.4) is 0 Å². The van der Waals surface area contributed by atoms with E-state index in [2.05, 4.69) is 6.30 Å². The van der Waals surface area contributed by atoms with Crippen molar-refractivity contribution in [2.75, 3.05) is 0 Å². The molecule has 36 valence electrons. The molecular formula is CH4O3P2. The molecule has 0 saturated heterocycles. The van der Waals surface area contributed by atoms with E-state index in [0.717, 1.165) is 0 Å². The van der Waals surface area contributed by atoms with Gasteiger partial charge in [-0.2, -0.15) is 0 Å². The van der Waals surface area contributed by atoms with Crippen molar-refractivity contribution in [2.45, 2.75) is 0 Å². The number of hydrogen-bond acceptors (Lipinski definition) is 1. The number of rotatable bonds is 1. The van der Waals surface area contributed by atoms with Gasteiger partial charge >= 0.3 is 7.28 Å². The predicted molar refractivity (Wildman–Crippen MR) is 26.1 cm³/mol. The van der Waals surface area contributed by atoms with Crippen LogP contribution in [-0.4, -0.2) is 16.1 Å². The van der Waals surface area contributed by atoms with Crippen LogP contribution >= 0.6 is 15.2 Å². The van der Waals surface area contributed by atoms with Gasteiger partial charge in [0.1, 0.15) is 0 Å². The van der Waals surface area contributed by atoms with Crippen LogP contribution in [0.15, 0.2) is 0 Å². The second-order valence-electron chi connectivity index (χ2n) is 0.655. The zero-order valence-corrected chi connectivity index (χ0v) is 4.69. The average Bonchev–Trinajstić information content (AvgIpc) is 1.35. The van der Waals surface area contributed by atoms with E-state index in [0.29, 0.717) is 0 Å². The second-order valence-corrected chi connectivity index (χ2v) is 4.38. The molecule has 0 spiro atoms. The molecule has 0 aromatic heterocycles. The van der Waals surface area contributed by atoms with E-state index < -0.39 is 7.28 Å². The van der Waals surface area contributed by atoms with Crippen molar-refractivity contribution < 1.29 is 14.4 Å². The van der Waals surface area contributed by atoms with Crippen LogP contribution in [0.25, 0.3) is 0 Å². The van der Waals surface area contributed by atoms with Crippen molar-refractivity contribution in [1.29, 1.82) is 0 Å². The fraction of sp³-hybridized carbons (Fsp3) is 0. The molecular weight excluding hydrogens is 122 g/mol. The lowest BCUT2D eigenvalue weighted by Gasteiger charge is -1.86. The predicted octanol–water partition coefficient (Wildman–Crippen LogP) is 0.457. The lowest BCUT2D eigenvalue weighted by molar-refractivity contribution is 0.396. The zero-order chi connectivity index (χ0) is 5.21. The van der Waals surface area contributed by atoms with Crippen LogP contribution in [0.1, 0.15) is 0 Å². The fourth-order valence-electron chi connectivity index (χ4n) is 0. The van der Waals surface area contributed by atoms with Gasteiger partial charge in [-0.3, -0.25) is 4.57 Å². The van der Waals surface area contributed by atoms with Gasteiger partial charge in [-0.1, -0.05) is 6.30 Å². The highest BCUT2D eigenvalue weighted by atomic mass is 32.1. The van der Waals surface area contributed by atoms with Crippen molar-refractivity contribution in [2.24, 2.45) is 0 Å². The Balaban J connectivity index is 3.81. The monoisotopic (exact) mass is 126 g/mol. The molecule has 0 aromatic carbocycles. The molecule has 0 radical (unpaired) electrons.